The zero-order valence-corrected chi connectivity index (χ0v) is 23.1. The first-order valence-corrected chi connectivity index (χ1v) is 12.8. The maximum Gasteiger partial charge on any atom is 0.328 e. The Morgan fingerprint density at radius 3 is 2.16 bits per heavy atom. The molecule has 38 heavy (non-hydrogen) atoms. The third-order valence-electron chi connectivity index (χ3n) is 7.67. The van der Waals surface area contributed by atoms with E-state index in [4.69, 9.17) is 27.9 Å². The third kappa shape index (κ3) is 6.05. The molecule has 9 nitrogen and oxygen atoms in total. The summed E-state index contributed by atoms with van der Waals surface area (Å²) in [6.45, 7) is 5.19. The molecule has 204 valence electrons. The highest BCUT2D eigenvalue weighted by Crippen LogP contribution is 2.56. The maximum atomic E-state index is 13.2. The number of aliphatic carboxylic acids is 1. The molecule has 0 aliphatic heterocycles. The zero-order valence-electron chi connectivity index (χ0n) is 21.6. The van der Waals surface area contributed by atoms with Gasteiger partial charge in [0.2, 0.25) is 5.91 Å². The minimum Gasteiger partial charge on any atom is -0.481 e. The van der Waals surface area contributed by atoms with Gasteiger partial charge in [0.1, 0.15) is 6.04 Å². The smallest absolute Gasteiger partial charge is 0.328 e. The van der Waals surface area contributed by atoms with Gasteiger partial charge in [0.15, 0.2) is 0 Å². The predicted molar refractivity (Wildman–Crippen MR) is 145 cm³/mol. The number of carbonyl (C=O) groups excluding carboxylic acids is 3. The van der Waals surface area contributed by atoms with Gasteiger partial charge in [-0.3, -0.25) is 9.59 Å². The summed E-state index contributed by atoms with van der Waals surface area (Å²) >= 11 is 12.2. The molecule has 11 heteroatoms. The van der Waals surface area contributed by atoms with E-state index in [2.05, 4.69) is 16.0 Å². The highest BCUT2D eigenvalue weighted by molar-refractivity contribution is 6.39. The molecule has 0 heterocycles. The molecule has 0 saturated heterocycles. The summed E-state index contributed by atoms with van der Waals surface area (Å²) in [6, 6.07) is 10.1. The third-order valence-corrected chi connectivity index (χ3v) is 8.30. The second-order valence-corrected chi connectivity index (χ2v) is 10.9. The van der Waals surface area contributed by atoms with Gasteiger partial charge < -0.3 is 25.8 Å². The van der Waals surface area contributed by atoms with Crippen molar-refractivity contribution in [1.29, 1.82) is 0 Å². The molecule has 1 aliphatic rings. The fraction of sp³-hybridized carbons (Fsp3) is 0.407. The first kappa shape index (κ1) is 29.3. The van der Waals surface area contributed by atoms with E-state index in [1.165, 1.54) is 7.11 Å². The first-order chi connectivity index (χ1) is 17.8. The van der Waals surface area contributed by atoms with E-state index in [1.807, 2.05) is 0 Å². The Kier molecular flexibility index (Phi) is 8.94. The van der Waals surface area contributed by atoms with Crippen molar-refractivity contribution in [3.8, 4) is 0 Å². The number of benzene rings is 2. The summed E-state index contributed by atoms with van der Waals surface area (Å²) in [7, 11) is 1.24. The molecule has 1 aliphatic carbocycles. The summed E-state index contributed by atoms with van der Waals surface area (Å²) in [6.07, 6.45) is 0.905. The number of ether oxygens (including phenoxy) is 1. The summed E-state index contributed by atoms with van der Waals surface area (Å²) < 4.78 is 4.90. The van der Waals surface area contributed by atoms with Crippen LogP contribution < -0.4 is 16.0 Å². The highest BCUT2D eigenvalue weighted by atomic mass is 35.5. The van der Waals surface area contributed by atoms with Gasteiger partial charge in [0, 0.05) is 18.0 Å². The first-order valence-electron chi connectivity index (χ1n) is 12.0. The number of anilines is 2. The van der Waals surface area contributed by atoms with Crippen LogP contribution in [-0.2, 0) is 25.5 Å². The van der Waals surface area contributed by atoms with Gasteiger partial charge >= 0.3 is 18.0 Å². The van der Waals surface area contributed by atoms with Crippen LogP contribution in [-0.4, -0.2) is 42.1 Å². The van der Waals surface area contributed by atoms with E-state index in [0.717, 1.165) is 0 Å². The topological polar surface area (TPSA) is 134 Å². The van der Waals surface area contributed by atoms with Crippen molar-refractivity contribution in [3.05, 3.63) is 58.1 Å². The Morgan fingerprint density at radius 2 is 1.63 bits per heavy atom. The number of nitrogens with one attached hydrogen (secondary N) is 3. The van der Waals surface area contributed by atoms with Gasteiger partial charge in [-0.1, -0.05) is 55.2 Å². The number of carboxylic acid groups (broad SMARTS) is 1. The molecule has 0 radical (unpaired) electrons. The molecule has 3 rings (SSSR count). The number of hydrogen-bond acceptors (Lipinski definition) is 5. The lowest BCUT2D eigenvalue weighted by molar-refractivity contribution is -0.156. The van der Waals surface area contributed by atoms with Crippen LogP contribution in [0, 0.1) is 16.7 Å². The van der Waals surface area contributed by atoms with Crippen molar-refractivity contribution in [2.24, 2.45) is 16.7 Å². The van der Waals surface area contributed by atoms with Gasteiger partial charge in [0.25, 0.3) is 0 Å². The van der Waals surface area contributed by atoms with Crippen LogP contribution in [0.2, 0.25) is 10.0 Å². The van der Waals surface area contributed by atoms with Crippen LogP contribution in [0.3, 0.4) is 0 Å². The summed E-state index contributed by atoms with van der Waals surface area (Å²) in [5.74, 6) is -2.52. The van der Waals surface area contributed by atoms with Gasteiger partial charge in [-0.15, -0.1) is 0 Å². The SMILES string of the molecule is COC(=O)[C@H](Cc1ccc(NC(=O)Nc2c(Cl)cccc2Cl)cc1)NC(=O)[C@H]1CC[C@@](C)(C(=O)O)C1(C)C. The van der Waals surface area contributed by atoms with Crippen LogP contribution in [0.4, 0.5) is 16.2 Å². The molecule has 1 fully saturated rings. The molecule has 0 bridgehead atoms. The van der Waals surface area contributed by atoms with Crippen LogP contribution in [0.15, 0.2) is 42.5 Å². The fourth-order valence-electron chi connectivity index (χ4n) is 4.80. The summed E-state index contributed by atoms with van der Waals surface area (Å²) in [5.41, 5.74) is -0.389. The summed E-state index contributed by atoms with van der Waals surface area (Å²) in [4.78, 5) is 49.9. The molecule has 0 aromatic heterocycles. The number of rotatable bonds is 8. The highest BCUT2D eigenvalue weighted by Gasteiger charge is 2.58. The molecular weight excluding hydrogens is 533 g/mol. The molecule has 2 aromatic rings. The maximum absolute atomic E-state index is 13.2. The number of esters is 1. The minimum atomic E-state index is -1.05. The zero-order chi connectivity index (χ0) is 28.3. The van der Waals surface area contributed by atoms with Gasteiger partial charge in [0.05, 0.1) is 28.3 Å². The van der Waals surface area contributed by atoms with Crippen LogP contribution in [0.5, 0.6) is 0 Å². The molecule has 3 atom stereocenters. The number of carboxylic acids is 1. The molecule has 1 saturated carbocycles. The average molecular weight is 564 g/mol. The van der Waals surface area contributed by atoms with Crippen molar-refractivity contribution < 1.29 is 29.0 Å². The lowest BCUT2D eigenvalue weighted by Gasteiger charge is -2.38. The molecule has 2 aromatic carbocycles. The quantitative estimate of drug-likeness (QED) is 0.319. The Bertz CT molecular complexity index is 1210. The van der Waals surface area contributed by atoms with Gasteiger partial charge in [-0.2, -0.15) is 0 Å². The van der Waals surface area contributed by atoms with Crippen molar-refractivity contribution in [2.45, 2.75) is 46.1 Å². The predicted octanol–water partition coefficient (Wildman–Crippen LogP) is 5.36. The standard InChI is InChI=1S/C27H31Cl2N3O6/c1-26(2)17(12-13-27(26,3)24(35)36)22(33)31-20(23(34)38-4)14-15-8-10-16(11-9-15)30-25(37)32-21-18(28)6-5-7-19(21)29/h5-11,17,20H,12-14H2,1-4H3,(H,31,33)(H,35,36)(H2,30,32,37)/t17-,20+,27+/m1/s1. The number of hydrogen-bond donors (Lipinski definition) is 4. The van der Waals surface area contributed by atoms with Crippen LogP contribution in [0.25, 0.3) is 0 Å². The van der Waals surface area contributed by atoms with E-state index in [0.29, 0.717) is 34.1 Å². The van der Waals surface area contributed by atoms with Crippen molar-refractivity contribution in [1.82, 2.24) is 5.32 Å². The second-order valence-electron chi connectivity index (χ2n) is 10.1. The monoisotopic (exact) mass is 563 g/mol. The van der Waals surface area contributed by atoms with E-state index in [-0.39, 0.29) is 18.0 Å². The van der Waals surface area contributed by atoms with E-state index in [1.54, 1.807) is 63.2 Å². The number of halogens is 2. The van der Waals surface area contributed by atoms with Crippen molar-refractivity contribution in [2.75, 3.05) is 17.7 Å². The Morgan fingerprint density at radius 1 is 1.03 bits per heavy atom. The van der Waals surface area contributed by atoms with Crippen LogP contribution in [0.1, 0.15) is 39.2 Å². The number of urea groups is 1. The normalized spacial score (nSPS) is 20.7. The summed E-state index contributed by atoms with van der Waals surface area (Å²) in [5, 5.41) is 18.4. The number of para-hydroxylation sites is 1. The number of amides is 3. The lowest BCUT2D eigenvalue weighted by Crippen LogP contribution is -2.50. The van der Waals surface area contributed by atoms with Crippen molar-refractivity contribution >= 4 is 58.5 Å². The second kappa shape index (κ2) is 11.6. The van der Waals surface area contributed by atoms with Crippen LogP contribution >= 0.6 is 23.2 Å². The molecular formula is C27H31Cl2N3O6. The number of methoxy groups -OCH3 is 1. The van der Waals surface area contributed by atoms with Gasteiger partial charge in [-0.25, -0.2) is 9.59 Å². The fourth-order valence-corrected chi connectivity index (χ4v) is 5.29. The molecule has 0 unspecified atom stereocenters. The molecule has 4 N–H and O–H groups in total. The Balaban J connectivity index is 1.66. The number of carbonyl (C=O) groups is 4. The molecule has 3 amide bonds. The lowest BCUT2D eigenvalue weighted by atomic mass is 9.65. The van der Waals surface area contributed by atoms with E-state index >= 15 is 0 Å². The van der Waals surface area contributed by atoms with E-state index < -0.39 is 40.8 Å². The average Bonchev–Trinajstić information content (AvgIpc) is 3.11. The Labute approximate surface area is 231 Å². The Hall–Kier alpha value is -3.30. The minimum absolute atomic E-state index is 0.142. The van der Waals surface area contributed by atoms with E-state index in [9.17, 15) is 24.3 Å². The van der Waals surface area contributed by atoms with Gasteiger partial charge in [-0.05, 0) is 55.0 Å². The molecule has 0 spiro atoms. The largest absolute Gasteiger partial charge is 0.481 e. The van der Waals surface area contributed by atoms with Crippen molar-refractivity contribution in [3.63, 3.8) is 0 Å².